The molecule has 0 aliphatic carbocycles. The molecular formula is C18H17ClN4O2. The lowest BCUT2D eigenvalue weighted by Crippen LogP contribution is -2.34. The molecule has 1 N–H and O–H groups in total. The molecule has 128 valence electrons. The maximum absolute atomic E-state index is 12.4. The van der Waals surface area contributed by atoms with Crippen molar-refractivity contribution in [3.05, 3.63) is 35.0 Å². The van der Waals surface area contributed by atoms with Crippen LogP contribution in [0.15, 0.2) is 24.4 Å². The number of carbonyl (C=O) groups excluding carboxylic acids is 1. The molecule has 0 bridgehead atoms. The second-order valence-electron chi connectivity index (χ2n) is 6.68. The van der Waals surface area contributed by atoms with Crippen LogP contribution in [0.25, 0.3) is 21.9 Å². The first-order valence-electron chi connectivity index (χ1n) is 7.68. The normalized spacial score (nSPS) is 11.5. The molecule has 0 spiro atoms. The Morgan fingerprint density at radius 1 is 1.44 bits per heavy atom. The standard InChI is InChI=1S/C18H17ClN4O2/c1-18(2,3)25-17(24)23(4)13-8-12(19)11(9-20)14-10-6-5-7-21-16(10)22-15(13)14/h5-8H,1-4H3,(H,21,22). The summed E-state index contributed by atoms with van der Waals surface area (Å²) in [5.74, 6) is 0. The number of nitrogens with one attached hydrogen (secondary N) is 1. The van der Waals surface area contributed by atoms with Gasteiger partial charge in [0.1, 0.15) is 17.3 Å². The number of hydrogen-bond acceptors (Lipinski definition) is 4. The highest BCUT2D eigenvalue weighted by Crippen LogP contribution is 2.38. The molecule has 7 heteroatoms. The maximum atomic E-state index is 12.4. The van der Waals surface area contributed by atoms with Crippen molar-refractivity contribution < 1.29 is 9.53 Å². The van der Waals surface area contributed by atoms with Crippen molar-refractivity contribution in [2.24, 2.45) is 0 Å². The fourth-order valence-electron chi connectivity index (χ4n) is 2.66. The summed E-state index contributed by atoms with van der Waals surface area (Å²) < 4.78 is 5.42. The van der Waals surface area contributed by atoms with Gasteiger partial charge >= 0.3 is 6.09 Å². The highest BCUT2D eigenvalue weighted by Gasteiger charge is 2.25. The zero-order valence-electron chi connectivity index (χ0n) is 14.3. The van der Waals surface area contributed by atoms with E-state index < -0.39 is 11.7 Å². The number of anilines is 1. The molecule has 6 nitrogen and oxygen atoms in total. The predicted molar refractivity (Wildman–Crippen MR) is 98.0 cm³/mol. The van der Waals surface area contributed by atoms with Crippen molar-refractivity contribution in [2.45, 2.75) is 26.4 Å². The van der Waals surface area contributed by atoms with Crippen LogP contribution in [-0.4, -0.2) is 28.7 Å². The number of H-pyrrole nitrogens is 1. The number of halogens is 1. The van der Waals surface area contributed by atoms with Gasteiger partial charge in [0, 0.05) is 24.0 Å². The lowest BCUT2D eigenvalue weighted by atomic mass is 10.1. The molecule has 1 amide bonds. The molecule has 3 rings (SSSR count). The number of fused-ring (bicyclic) bond motifs is 3. The number of benzene rings is 1. The Morgan fingerprint density at radius 3 is 2.80 bits per heavy atom. The molecule has 0 aliphatic heterocycles. The maximum Gasteiger partial charge on any atom is 0.414 e. The van der Waals surface area contributed by atoms with E-state index in [1.165, 1.54) is 4.90 Å². The van der Waals surface area contributed by atoms with E-state index in [2.05, 4.69) is 16.0 Å². The van der Waals surface area contributed by atoms with E-state index in [9.17, 15) is 10.1 Å². The summed E-state index contributed by atoms with van der Waals surface area (Å²) in [5.41, 5.74) is 1.48. The lowest BCUT2D eigenvalue weighted by Gasteiger charge is -2.25. The smallest absolute Gasteiger partial charge is 0.414 e. The summed E-state index contributed by atoms with van der Waals surface area (Å²) >= 11 is 6.31. The monoisotopic (exact) mass is 356 g/mol. The van der Waals surface area contributed by atoms with Crippen molar-refractivity contribution in [1.29, 1.82) is 5.26 Å². The molecule has 0 saturated heterocycles. The molecule has 1 aromatic carbocycles. The van der Waals surface area contributed by atoms with Gasteiger partial charge in [0.15, 0.2) is 0 Å². The van der Waals surface area contributed by atoms with E-state index in [1.54, 1.807) is 46.1 Å². The molecule has 0 fully saturated rings. The van der Waals surface area contributed by atoms with Gasteiger partial charge in [-0.15, -0.1) is 0 Å². The third-order valence-corrected chi connectivity index (χ3v) is 4.02. The zero-order chi connectivity index (χ0) is 18.4. The third-order valence-electron chi connectivity index (χ3n) is 3.72. The number of pyridine rings is 1. The first-order chi connectivity index (χ1) is 11.7. The molecule has 25 heavy (non-hydrogen) atoms. The number of ether oxygens (including phenoxy) is 1. The minimum absolute atomic E-state index is 0.269. The van der Waals surface area contributed by atoms with Crippen LogP contribution in [0.4, 0.5) is 10.5 Å². The Kier molecular flexibility index (Phi) is 4.05. The van der Waals surface area contributed by atoms with Gasteiger partial charge in [0.05, 0.1) is 21.8 Å². The van der Waals surface area contributed by atoms with E-state index in [1.807, 2.05) is 6.07 Å². The number of hydrogen-bond donors (Lipinski definition) is 1. The highest BCUT2D eigenvalue weighted by molar-refractivity contribution is 6.34. The Hall–Kier alpha value is -2.78. The van der Waals surface area contributed by atoms with Gasteiger partial charge in [-0.3, -0.25) is 4.90 Å². The van der Waals surface area contributed by atoms with Crippen molar-refractivity contribution >= 4 is 45.3 Å². The first-order valence-corrected chi connectivity index (χ1v) is 8.06. The summed E-state index contributed by atoms with van der Waals surface area (Å²) in [7, 11) is 1.60. The van der Waals surface area contributed by atoms with Crippen LogP contribution < -0.4 is 4.90 Å². The van der Waals surface area contributed by atoms with Gasteiger partial charge in [-0.2, -0.15) is 5.26 Å². The van der Waals surface area contributed by atoms with Crippen LogP contribution in [0.3, 0.4) is 0 Å². The Morgan fingerprint density at radius 2 is 2.16 bits per heavy atom. The highest BCUT2D eigenvalue weighted by atomic mass is 35.5. The summed E-state index contributed by atoms with van der Waals surface area (Å²) in [4.78, 5) is 21.3. The van der Waals surface area contributed by atoms with Crippen LogP contribution in [0.2, 0.25) is 5.02 Å². The number of rotatable bonds is 1. The van der Waals surface area contributed by atoms with Crippen molar-refractivity contribution in [1.82, 2.24) is 9.97 Å². The Balaban J connectivity index is 2.26. The van der Waals surface area contributed by atoms with Gasteiger partial charge in [-0.1, -0.05) is 11.6 Å². The van der Waals surface area contributed by atoms with Crippen molar-refractivity contribution in [3.8, 4) is 6.07 Å². The van der Waals surface area contributed by atoms with Crippen LogP contribution in [0.1, 0.15) is 26.3 Å². The zero-order valence-corrected chi connectivity index (χ0v) is 15.1. The quantitative estimate of drug-likeness (QED) is 0.690. The molecule has 0 aliphatic rings. The number of nitriles is 1. The van der Waals surface area contributed by atoms with Gasteiger partial charge in [0.25, 0.3) is 0 Å². The van der Waals surface area contributed by atoms with E-state index in [-0.39, 0.29) is 5.02 Å². The molecule has 0 unspecified atom stereocenters. The molecule has 0 radical (unpaired) electrons. The van der Waals surface area contributed by atoms with Crippen molar-refractivity contribution in [2.75, 3.05) is 11.9 Å². The van der Waals surface area contributed by atoms with Gasteiger partial charge in [-0.05, 0) is 39.0 Å². The lowest BCUT2D eigenvalue weighted by molar-refractivity contribution is 0.0589. The fourth-order valence-corrected chi connectivity index (χ4v) is 2.90. The number of aromatic amines is 1. The summed E-state index contributed by atoms with van der Waals surface area (Å²) in [6, 6.07) is 7.36. The minimum atomic E-state index is -0.622. The number of amides is 1. The fraction of sp³-hybridized carbons (Fsp3) is 0.278. The topological polar surface area (TPSA) is 82.0 Å². The third kappa shape index (κ3) is 2.99. The van der Waals surface area contributed by atoms with Gasteiger partial charge in [0.2, 0.25) is 0 Å². The first kappa shape index (κ1) is 17.1. The summed E-state index contributed by atoms with van der Waals surface area (Å²) in [5, 5.41) is 11.2. The Labute approximate surface area is 150 Å². The van der Waals surface area contributed by atoms with Crippen LogP contribution in [0.5, 0.6) is 0 Å². The van der Waals surface area contributed by atoms with Crippen molar-refractivity contribution in [3.63, 3.8) is 0 Å². The average Bonchev–Trinajstić information content (AvgIpc) is 2.91. The number of aromatic nitrogens is 2. The SMILES string of the molecule is CN(C(=O)OC(C)(C)C)c1cc(Cl)c(C#N)c2c1[nH]c1ncccc12. The average molecular weight is 357 g/mol. The largest absolute Gasteiger partial charge is 0.443 e. The molecular weight excluding hydrogens is 340 g/mol. The van der Waals surface area contributed by atoms with E-state index in [0.717, 1.165) is 5.39 Å². The molecule has 0 atom stereocenters. The molecule has 0 saturated carbocycles. The number of carbonyl (C=O) groups is 1. The van der Waals surface area contributed by atoms with Crippen LogP contribution in [-0.2, 0) is 4.74 Å². The minimum Gasteiger partial charge on any atom is -0.443 e. The van der Waals surface area contributed by atoms with E-state index in [4.69, 9.17) is 16.3 Å². The second-order valence-corrected chi connectivity index (χ2v) is 7.09. The molecule has 2 aromatic heterocycles. The van der Waals surface area contributed by atoms with E-state index >= 15 is 0 Å². The number of nitrogens with zero attached hydrogens (tertiary/aromatic N) is 3. The summed E-state index contributed by atoms with van der Waals surface area (Å²) in [6.07, 6.45) is 1.14. The van der Waals surface area contributed by atoms with Crippen LogP contribution >= 0.6 is 11.6 Å². The Bertz CT molecular complexity index is 1030. The second kappa shape index (κ2) is 5.94. The summed E-state index contributed by atoms with van der Waals surface area (Å²) in [6.45, 7) is 5.40. The van der Waals surface area contributed by atoms with Gasteiger partial charge < -0.3 is 9.72 Å². The predicted octanol–water partition coefficient (Wildman–Crippen LogP) is 4.61. The van der Waals surface area contributed by atoms with Crippen LogP contribution in [0, 0.1) is 11.3 Å². The van der Waals surface area contributed by atoms with E-state index in [0.29, 0.717) is 27.8 Å². The molecule has 2 heterocycles. The van der Waals surface area contributed by atoms with Gasteiger partial charge in [-0.25, -0.2) is 9.78 Å². The molecule has 3 aromatic rings.